The number of alkyl halides is 6. The van der Waals surface area contributed by atoms with E-state index in [1.165, 1.54) is 0 Å². The lowest BCUT2D eigenvalue weighted by Crippen LogP contribution is -2.73. The molecule has 0 aromatic carbocycles. The van der Waals surface area contributed by atoms with Crippen molar-refractivity contribution in [2.24, 2.45) is 10.8 Å². The Bertz CT molecular complexity index is 539. The molecule has 4 rings (SSSR count). The van der Waals surface area contributed by atoms with E-state index >= 15 is 0 Å². The molecule has 4 saturated heterocycles. The Kier molecular flexibility index (Phi) is 6.19. The summed E-state index contributed by atoms with van der Waals surface area (Å²) in [7, 11) is 0. The minimum absolute atomic E-state index is 0.254. The van der Waals surface area contributed by atoms with Gasteiger partial charge in [0.25, 0.3) is 0 Å². The second-order valence-electron chi connectivity index (χ2n) is 7.01. The zero-order valence-electron chi connectivity index (χ0n) is 14.2. The number of ether oxygens (including phenoxy) is 2. The summed E-state index contributed by atoms with van der Waals surface area (Å²) >= 11 is 0. The number of carboxylic acid groups (broad SMARTS) is 2. The fraction of sp³-hybridized carbons (Fsp3) is 0.857. The third kappa shape index (κ3) is 4.50. The largest absolute Gasteiger partial charge is 0.473 e. The molecule has 4 N–H and O–H groups in total. The zero-order valence-corrected chi connectivity index (χ0v) is 14.2. The SMILES string of the molecule is FC(F)(F)C1OCC12CNC2.FC(F)(F)C1OCC12CNC2.O=C(O)C(=O)O. The lowest BCUT2D eigenvalue weighted by molar-refractivity contribution is -0.333. The van der Waals surface area contributed by atoms with Gasteiger partial charge in [0.2, 0.25) is 0 Å². The molecule has 162 valence electrons. The van der Waals surface area contributed by atoms with Crippen LogP contribution in [0.5, 0.6) is 0 Å². The van der Waals surface area contributed by atoms with E-state index in [4.69, 9.17) is 19.8 Å². The Hall–Kier alpha value is -1.64. The molecule has 0 bridgehead atoms. The molecule has 2 atom stereocenters. The van der Waals surface area contributed by atoms with E-state index in [0.29, 0.717) is 26.2 Å². The lowest BCUT2D eigenvalue weighted by Gasteiger charge is -2.55. The third-order valence-corrected chi connectivity index (χ3v) is 4.87. The maximum atomic E-state index is 12.1. The van der Waals surface area contributed by atoms with E-state index < -0.39 is 47.3 Å². The van der Waals surface area contributed by atoms with Gasteiger partial charge in [-0.3, -0.25) is 0 Å². The molecule has 14 heteroatoms. The van der Waals surface area contributed by atoms with Gasteiger partial charge in [0.1, 0.15) is 0 Å². The van der Waals surface area contributed by atoms with Crippen LogP contribution in [0.3, 0.4) is 0 Å². The van der Waals surface area contributed by atoms with Crippen LogP contribution in [0.25, 0.3) is 0 Å². The normalized spacial score (nSPS) is 28.8. The molecule has 0 amide bonds. The molecule has 4 heterocycles. The molecular formula is C14H18F6N2O6. The molecule has 2 unspecified atom stereocenters. The summed E-state index contributed by atoms with van der Waals surface area (Å²) in [6.45, 7) is 2.27. The number of carbonyl (C=O) groups is 2. The summed E-state index contributed by atoms with van der Waals surface area (Å²) in [5, 5.41) is 20.4. The molecule has 4 aliphatic rings. The predicted octanol–water partition coefficient (Wildman–Crippen LogP) is 0.230. The number of nitrogens with one attached hydrogen (secondary N) is 2. The van der Waals surface area contributed by atoms with E-state index in [0.717, 1.165) is 0 Å². The van der Waals surface area contributed by atoms with Crippen LogP contribution in [-0.2, 0) is 19.1 Å². The van der Waals surface area contributed by atoms with Gasteiger partial charge in [-0.2, -0.15) is 26.3 Å². The number of hydrogen-bond acceptors (Lipinski definition) is 6. The first kappa shape index (κ1) is 22.6. The first-order valence-electron chi connectivity index (χ1n) is 7.98. The van der Waals surface area contributed by atoms with Crippen LogP contribution in [0.1, 0.15) is 0 Å². The maximum Gasteiger partial charge on any atom is 0.415 e. The van der Waals surface area contributed by atoms with Crippen molar-refractivity contribution in [3.8, 4) is 0 Å². The summed E-state index contributed by atoms with van der Waals surface area (Å²) in [6.07, 6.45) is -11.4. The van der Waals surface area contributed by atoms with Crippen LogP contribution < -0.4 is 10.6 Å². The Balaban J connectivity index is 0.000000158. The number of carboxylic acids is 2. The Morgan fingerprint density at radius 1 is 0.750 bits per heavy atom. The number of hydrogen-bond donors (Lipinski definition) is 4. The molecular weight excluding hydrogens is 406 g/mol. The van der Waals surface area contributed by atoms with Crippen LogP contribution in [0, 0.1) is 10.8 Å². The highest BCUT2D eigenvalue weighted by molar-refractivity contribution is 6.27. The van der Waals surface area contributed by atoms with Crippen molar-refractivity contribution >= 4 is 11.9 Å². The standard InChI is InChI=1S/2C6H8F3NO.C2H2O4/c2*7-6(8,9)4-5(3-11-4)1-10-2-5;3-1(4)2(5)6/h2*4,10H,1-3H2;(H,3,4)(H,5,6). The van der Waals surface area contributed by atoms with Crippen LogP contribution in [-0.4, -0.2) is 86.1 Å². The molecule has 0 aromatic heterocycles. The topological polar surface area (TPSA) is 117 Å². The van der Waals surface area contributed by atoms with E-state index in [-0.39, 0.29) is 13.2 Å². The number of rotatable bonds is 0. The quantitative estimate of drug-likeness (QED) is 0.323. The Labute approximate surface area is 154 Å². The van der Waals surface area contributed by atoms with E-state index in [9.17, 15) is 26.3 Å². The van der Waals surface area contributed by atoms with E-state index in [2.05, 4.69) is 20.1 Å². The lowest BCUT2D eigenvalue weighted by atomic mass is 9.72. The van der Waals surface area contributed by atoms with Gasteiger partial charge in [0.05, 0.1) is 24.0 Å². The van der Waals surface area contributed by atoms with E-state index in [1.54, 1.807) is 0 Å². The Morgan fingerprint density at radius 2 is 1.04 bits per heavy atom. The molecule has 0 aliphatic carbocycles. The van der Waals surface area contributed by atoms with Crippen molar-refractivity contribution in [2.45, 2.75) is 24.6 Å². The first-order valence-corrected chi connectivity index (χ1v) is 7.98. The molecule has 4 aliphatic heterocycles. The van der Waals surface area contributed by atoms with Gasteiger partial charge in [0, 0.05) is 26.2 Å². The summed E-state index contributed by atoms with van der Waals surface area (Å²) < 4.78 is 81.4. The van der Waals surface area contributed by atoms with Crippen LogP contribution in [0.4, 0.5) is 26.3 Å². The summed E-state index contributed by atoms with van der Waals surface area (Å²) in [5.74, 6) is -3.65. The van der Waals surface area contributed by atoms with Crippen molar-refractivity contribution in [3.63, 3.8) is 0 Å². The second kappa shape index (κ2) is 7.65. The minimum Gasteiger partial charge on any atom is -0.473 e. The van der Waals surface area contributed by atoms with Gasteiger partial charge in [-0.05, 0) is 0 Å². The molecule has 4 fully saturated rings. The van der Waals surface area contributed by atoms with Gasteiger partial charge in [-0.25, -0.2) is 9.59 Å². The molecule has 28 heavy (non-hydrogen) atoms. The summed E-state index contributed by atoms with van der Waals surface area (Å²) in [4.78, 5) is 18.2. The van der Waals surface area contributed by atoms with Crippen molar-refractivity contribution in [1.82, 2.24) is 10.6 Å². The maximum absolute atomic E-state index is 12.1. The Morgan fingerprint density at radius 3 is 1.07 bits per heavy atom. The van der Waals surface area contributed by atoms with Gasteiger partial charge < -0.3 is 30.3 Å². The summed E-state index contributed by atoms with van der Waals surface area (Å²) in [5.41, 5.74) is -1.23. The van der Waals surface area contributed by atoms with Gasteiger partial charge in [-0.1, -0.05) is 0 Å². The molecule has 0 aromatic rings. The molecule has 2 spiro atoms. The first-order chi connectivity index (χ1) is 12.7. The minimum atomic E-state index is -4.18. The van der Waals surface area contributed by atoms with Crippen molar-refractivity contribution in [3.05, 3.63) is 0 Å². The van der Waals surface area contributed by atoms with Crippen molar-refractivity contribution < 1.29 is 55.6 Å². The van der Waals surface area contributed by atoms with Crippen molar-refractivity contribution in [1.29, 1.82) is 0 Å². The molecule has 0 saturated carbocycles. The van der Waals surface area contributed by atoms with E-state index in [1.807, 2.05) is 0 Å². The van der Waals surface area contributed by atoms with Crippen LogP contribution in [0.15, 0.2) is 0 Å². The zero-order chi connectivity index (χ0) is 21.4. The number of aliphatic carboxylic acids is 2. The average Bonchev–Trinajstić information content (AvgIpc) is 2.28. The fourth-order valence-electron chi connectivity index (χ4n) is 3.16. The predicted molar refractivity (Wildman–Crippen MR) is 77.5 cm³/mol. The van der Waals surface area contributed by atoms with Crippen LogP contribution >= 0.6 is 0 Å². The van der Waals surface area contributed by atoms with Gasteiger partial charge in [0.15, 0.2) is 12.2 Å². The fourth-order valence-corrected chi connectivity index (χ4v) is 3.16. The molecule has 0 radical (unpaired) electrons. The third-order valence-electron chi connectivity index (χ3n) is 4.87. The van der Waals surface area contributed by atoms with Crippen LogP contribution in [0.2, 0.25) is 0 Å². The highest BCUT2D eigenvalue weighted by Crippen LogP contribution is 2.47. The van der Waals surface area contributed by atoms with Gasteiger partial charge >= 0.3 is 24.3 Å². The second-order valence-corrected chi connectivity index (χ2v) is 7.01. The highest BCUT2D eigenvalue weighted by atomic mass is 19.4. The smallest absolute Gasteiger partial charge is 0.415 e. The monoisotopic (exact) mass is 424 g/mol. The highest BCUT2D eigenvalue weighted by Gasteiger charge is 2.64. The number of halogens is 6. The summed E-state index contributed by atoms with van der Waals surface area (Å²) in [6, 6.07) is 0. The van der Waals surface area contributed by atoms with Crippen molar-refractivity contribution in [2.75, 3.05) is 39.4 Å². The van der Waals surface area contributed by atoms with Gasteiger partial charge in [-0.15, -0.1) is 0 Å². The molecule has 8 nitrogen and oxygen atoms in total. The average molecular weight is 424 g/mol.